The molecule has 1 unspecified atom stereocenters. The molecule has 1 aliphatic heterocycles. The standard InChI is InChI=1S/C17H22N2O6S/c1-2-15(20)13-3-5-14(6-4-13)25-10-17(22)19-18-16(21)9-12-7-8-26(23,24)11-12/h3-6,12H,2,7-11H2,1H3,(H,18,21)(H,19,22). The van der Waals surface area contributed by atoms with Crippen LogP contribution in [0, 0.1) is 5.92 Å². The number of ketones is 1. The van der Waals surface area contributed by atoms with Crippen LogP contribution < -0.4 is 15.6 Å². The van der Waals surface area contributed by atoms with Gasteiger partial charge in [-0.25, -0.2) is 8.42 Å². The van der Waals surface area contributed by atoms with Gasteiger partial charge in [-0.05, 0) is 36.6 Å². The van der Waals surface area contributed by atoms with Crippen LogP contribution in [0.15, 0.2) is 24.3 Å². The average Bonchev–Trinajstić information content (AvgIpc) is 2.96. The fourth-order valence-corrected chi connectivity index (χ4v) is 4.47. The topological polar surface area (TPSA) is 119 Å². The predicted octanol–water partition coefficient (Wildman–Crippen LogP) is 0.630. The maximum atomic E-state index is 11.7. The highest BCUT2D eigenvalue weighted by atomic mass is 32.2. The number of rotatable bonds is 7. The zero-order valence-electron chi connectivity index (χ0n) is 14.5. The van der Waals surface area contributed by atoms with Crippen molar-refractivity contribution in [2.45, 2.75) is 26.2 Å². The molecule has 1 aliphatic rings. The van der Waals surface area contributed by atoms with Crippen LogP contribution in [-0.4, -0.2) is 44.1 Å². The van der Waals surface area contributed by atoms with Gasteiger partial charge in [0.15, 0.2) is 22.2 Å². The summed E-state index contributed by atoms with van der Waals surface area (Å²) in [6, 6.07) is 6.43. The number of nitrogens with one attached hydrogen (secondary N) is 2. The van der Waals surface area contributed by atoms with E-state index in [-0.39, 0.29) is 36.2 Å². The first-order valence-corrected chi connectivity index (χ1v) is 10.2. The number of carbonyl (C=O) groups is 3. The molecule has 1 atom stereocenters. The largest absolute Gasteiger partial charge is 0.484 e. The minimum atomic E-state index is -3.03. The Morgan fingerprint density at radius 2 is 1.77 bits per heavy atom. The van der Waals surface area contributed by atoms with Gasteiger partial charge < -0.3 is 4.74 Å². The normalized spacial score (nSPS) is 18.1. The molecule has 142 valence electrons. The quantitative estimate of drug-likeness (QED) is 0.527. The number of hydrogen-bond donors (Lipinski definition) is 2. The monoisotopic (exact) mass is 382 g/mol. The van der Waals surface area contributed by atoms with Gasteiger partial charge in [0, 0.05) is 18.4 Å². The number of carbonyl (C=O) groups excluding carboxylic acids is 3. The molecule has 0 aromatic heterocycles. The Hall–Kier alpha value is -2.42. The van der Waals surface area contributed by atoms with Crippen LogP contribution in [0.25, 0.3) is 0 Å². The van der Waals surface area contributed by atoms with E-state index < -0.39 is 21.7 Å². The molecule has 0 spiro atoms. The van der Waals surface area contributed by atoms with E-state index in [0.29, 0.717) is 24.2 Å². The number of hydrazine groups is 1. The molecular weight excluding hydrogens is 360 g/mol. The molecule has 1 saturated heterocycles. The first kappa shape index (κ1) is 19.9. The van der Waals surface area contributed by atoms with Crippen molar-refractivity contribution in [2.24, 2.45) is 5.92 Å². The second-order valence-electron chi connectivity index (χ2n) is 6.16. The molecule has 1 aromatic rings. The zero-order chi connectivity index (χ0) is 19.2. The van der Waals surface area contributed by atoms with E-state index in [4.69, 9.17) is 4.74 Å². The summed E-state index contributed by atoms with van der Waals surface area (Å²) in [6.45, 7) is 1.47. The minimum absolute atomic E-state index is 0.00794. The Kier molecular flexibility index (Phi) is 6.73. The van der Waals surface area contributed by atoms with E-state index in [1.807, 2.05) is 0 Å². The Morgan fingerprint density at radius 1 is 1.12 bits per heavy atom. The van der Waals surface area contributed by atoms with E-state index in [1.54, 1.807) is 31.2 Å². The summed E-state index contributed by atoms with van der Waals surface area (Å²) in [5.74, 6) is -0.643. The molecule has 2 amide bonds. The van der Waals surface area contributed by atoms with Crippen LogP contribution in [0.2, 0.25) is 0 Å². The smallest absolute Gasteiger partial charge is 0.276 e. The number of hydrogen-bond acceptors (Lipinski definition) is 6. The van der Waals surface area contributed by atoms with Crippen molar-refractivity contribution in [3.63, 3.8) is 0 Å². The van der Waals surface area contributed by atoms with E-state index >= 15 is 0 Å². The van der Waals surface area contributed by atoms with E-state index in [2.05, 4.69) is 10.9 Å². The van der Waals surface area contributed by atoms with Crippen LogP contribution in [-0.2, 0) is 19.4 Å². The van der Waals surface area contributed by atoms with Crippen molar-refractivity contribution in [1.29, 1.82) is 0 Å². The molecule has 1 aromatic carbocycles. The molecule has 0 radical (unpaired) electrons. The van der Waals surface area contributed by atoms with Gasteiger partial charge in [-0.3, -0.25) is 25.2 Å². The molecule has 0 bridgehead atoms. The van der Waals surface area contributed by atoms with E-state index in [0.717, 1.165) is 0 Å². The molecule has 1 fully saturated rings. The summed E-state index contributed by atoms with van der Waals surface area (Å²) in [6.07, 6.45) is 0.922. The first-order chi connectivity index (χ1) is 12.3. The second-order valence-corrected chi connectivity index (χ2v) is 8.39. The number of Topliss-reactive ketones (excluding diaryl/α,β-unsaturated/α-hetero) is 1. The van der Waals surface area contributed by atoms with Crippen LogP contribution in [0.4, 0.5) is 0 Å². The summed E-state index contributed by atoms with van der Waals surface area (Å²) >= 11 is 0. The summed E-state index contributed by atoms with van der Waals surface area (Å²) in [5, 5.41) is 0. The lowest BCUT2D eigenvalue weighted by Gasteiger charge is -2.11. The van der Waals surface area contributed by atoms with Crippen molar-refractivity contribution in [1.82, 2.24) is 10.9 Å². The maximum absolute atomic E-state index is 11.7. The Labute approximate surface area is 152 Å². The van der Waals surface area contributed by atoms with Gasteiger partial charge in [0.2, 0.25) is 5.91 Å². The third-order valence-electron chi connectivity index (χ3n) is 4.01. The fraction of sp³-hybridized carbons (Fsp3) is 0.471. The Morgan fingerprint density at radius 3 is 2.35 bits per heavy atom. The van der Waals surface area contributed by atoms with Crippen molar-refractivity contribution in [3.8, 4) is 5.75 Å². The lowest BCUT2D eigenvalue weighted by Crippen LogP contribution is -2.44. The highest BCUT2D eigenvalue weighted by Gasteiger charge is 2.29. The highest BCUT2D eigenvalue weighted by Crippen LogP contribution is 2.21. The van der Waals surface area contributed by atoms with Crippen LogP contribution in [0.5, 0.6) is 5.75 Å². The van der Waals surface area contributed by atoms with Crippen LogP contribution >= 0.6 is 0 Å². The lowest BCUT2D eigenvalue weighted by atomic mass is 10.1. The average molecular weight is 382 g/mol. The van der Waals surface area contributed by atoms with Crippen molar-refractivity contribution < 1.29 is 27.5 Å². The summed E-state index contributed by atoms with van der Waals surface area (Å²) < 4.78 is 28.0. The lowest BCUT2D eigenvalue weighted by molar-refractivity contribution is -0.130. The molecule has 9 heteroatoms. The van der Waals surface area contributed by atoms with Crippen molar-refractivity contribution in [2.75, 3.05) is 18.1 Å². The van der Waals surface area contributed by atoms with Crippen molar-refractivity contribution in [3.05, 3.63) is 29.8 Å². The number of benzene rings is 1. The van der Waals surface area contributed by atoms with Gasteiger partial charge in [-0.2, -0.15) is 0 Å². The van der Waals surface area contributed by atoms with E-state index in [1.165, 1.54) is 0 Å². The Bertz CT molecular complexity index is 773. The summed E-state index contributed by atoms with van der Waals surface area (Å²) in [7, 11) is -3.03. The summed E-state index contributed by atoms with van der Waals surface area (Å²) in [4.78, 5) is 34.9. The van der Waals surface area contributed by atoms with Crippen LogP contribution in [0.3, 0.4) is 0 Å². The van der Waals surface area contributed by atoms with Gasteiger partial charge in [0.1, 0.15) is 5.75 Å². The third kappa shape index (κ3) is 6.14. The van der Waals surface area contributed by atoms with Crippen molar-refractivity contribution >= 4 is 27.4 Å². The number of ether oxygens (including phenoxy) is 1. The van der Waals surface area contributed by atoms with E-state index in [9.17, 15) is 22.8 Å². The number of sulfone groups is 1. The highest BCUT2D eigenvalue weighted by molar-refractivity contribution is 7.91. The second kappa shape index (κ2) is 8.79. The van der Waals surface area contributed by atoms with Gasteiger partial charge in [0.25, 0.3) is 5.91 Å². The van der Waals surface area contributed by atoms with Gasteiger partial charge in [0.05, 0.1) is 11.5 Å². The molecule has 26 heavy (non-hydrogen) atoms. The SMILES string of the molecule is CCC(=O)c1ccc(OCC(=O)NNC(=O)CC2CCS(=O)(=O)C2)cc1. The fourth-order valence-electron chi connectivity index (χ4n) is 2.61. The molecule has 2 rings (SSSR count). The molecule has 1 heterocycles. The minimum Gasteiger partial charge on any atom is -0.484 e. The van der Waals surface area contributed by atoms with Gasteiger partial charge >= 0.3 is 0 Å². The maximum Gasteiger partial charge on any atom is 0.276 e. The molecular formula is C17H22N2O6S. The summed E-state index contributed by atoms with van der Waals surface area (Å²) in [5.41, 5.74) is 5.04. The molecule has 0 saturated carbocycles. The molecule has 8 nitrogen and oxygen atoms in total. The Balaban J connectivity index is 1.68. The molecule has 2 N–H and O–H groups in total. The first-order valence-electron chi connectivity index (χ1n) is 8.33. The zero-order valence-corrected chi connectivity index (χ0v) is 15.3. The third-order valence-corrected chi connectivity index (χ3v) is 5.85. The van der Waals surface area contributed by atoms with Crippen LogP contribution in [0.1, 0.15) is 36.5 Å². The predicted molar refractivity (Wildman–Crippen MR) is 94.2 cm³/mol. The molecule has 0 aliphatic carbocycles. The number of amides is 2. The van der Waals surface area contributed by atoms with Gasteiger partial charge in [-0.15, -0.1) is 0 Å². The van der Waals surface area contributed by atoms with Gasteiger partial charge in [-0.1, -0.05) is 6.92 Å².